The second-order valence-electron chi connectivity index (χ2n) is 5.03. The molecular formula is C11H20N2OS. The zero-order valence-electron chi connectivity index (χ0n) is 9.90. The number of aromatic nitrogens is 2. The van der Waals surface area contributed by atoms with E-state index in [0.29, 0.717) is 0 Å². The van der Waals surface area contributed by atoms with Crippen molar-refractivity contribution in [1.82, 2.24) is 9.13 Å². The van der Waals surface area contributed by atoms with Crippen LogP contribution in [0.15, 0.2) is 17.2 Å². The Kier molecular flexibility index (Phi) is 3.71. The van der Waals surface area contributed by atoms with Crippen LogP contribution in [0, 0.1) is 5.41 Å². The maximum Gasteiger partial charge on any atom is 0.328 e. The highest BCUT2D eigenvalue weighted by Crippen LogP contribution is 2.18. The SMILES string of the molecule is CC(C)n1ccn(CC(C)(C)CS)c1=O. The summed E-state index contributed by atoms with van der Waals surface area (Å²) >= 11 is 4.29. The zero-order valence-corrected chi connectivity index (χ0v) is 10.8. The van der Waals surface area contributed by atoms with Gasteiger partial charge in [-0.3, -0.25) is 9.13 Å². The van der Waals surface area contributed by atoms with E-state index in [-0.39, 0.29) is 17.1 Å². The topological polar surface area (TPSA) is 26.9 Å². The van der Waals surface area contributed by atoms with E-state index in [4.69, 9.17) is 0 Å². The van der Waals surface area contributed by atoms with E-state index in [9.17, 15) is 4.79 Å². The minimum atomic E-state index is 0.0517. The summed E-state index contributed by atoms with van der Waals surface area (Å²) in [6.07, 6.45) is 3.70. The van der Waals surface area contributed by atoms with Gasteiger partial charge in [-0.25, -0.2) is 4.79 Å². The van der Waals surface area contributed by atoms with Gasteiger partial charge in [0.15, 0.2) is 0 Å². The molecule has 0 spiro atoms. The lowest BCUT2D eigenvalue weighted by Crippen LogP contribution is -2.31. The van der Waals surface area contributed by atoms with Gasteiger partial charge in [0, 0.05) is 25.0 Å². The molecule has 15 heavy (non-hydrogen) atoms. The van der Waals surface area contributed by atoms with E-state index in [2.05, 4.69) is 26.5 Å². The van der Waals surface area contributed by atoms with Crippen LogP contribution in [0.2, 0.25) is 0 Å². The minimum Gasteiger partial charge on any atom is -0.299 e. The average Bonchev–Trinajstić information content (AvgIpc) is 2.48. The Morgan fingerprint density at radius 2 is 2.00 bits per heavy atom. The van der Waals surface area contributed by atoms with E-state index in [1.165, 1.54) is 0 Å². The minimum absolute atomic E-state index is 0.0517. The van der Waals surface area contributed by atoms with Crippen molar-refractivity contribution in [3.8, 4) is 0 Å². The first-order valence-electron chi connectivity index (χ1n) is 5.25. The molecule has 1 aromatic rings. The quantitative estimate of drug-likeness (QED) is 0.786. The van der Waals surface area contributed by atoms with Gasteiger partial charge in [0.2, 0.25) is 0 Å². The van der Waals surface area contributed by atoms with Crippen molar-refractivity contribution in [2.24, 2.45) is 5.41 Å². The molecule has 0 radical (unpaired) electrons. The molecule has 0 saturated heterocycles. The number of nitrogens with zero attached hydrogens (tertiary/aromatic N) is 2. The Bertz CT molecular complexity index is 376. The molecule has 0 unspecified atom stereocenters. The number of thiol groups is 1. The van der Waals surface area contributed by atoms with Crippen molar-refractivity contribution >= 4 is 12.6 Å². The summed E-state index contributed by atoms with van der Waals surface area (Å²) in [4.78, 5) is 11.9. The van der Waals surface area contributed by atoms with Gasteiger partial charge in [-0.05, 0) is 25.0 Å². The van der Waals surface area contributed by atoms with Crippen LogP contribution in [0.5, 0.6) is 0 Å². The van der Waals surface area contributed by atoms with Gasteiger partial charge in [-0.1, -0.05) is 13.8 Å². The van der Waals surface area contributed by atoms with Crippen LogP contribution in [0.25, 0.3) is 0 Å². The average molecular weight is 228 g/mol. The van der Waals surface area contributed by atoms with Crippen molar-refractivity contribution in [2.45, 2.75) is 40.3 Å². The molecule has 1 aromatic heterocycles. The van der Waals surface area contributed by atoms with Gasteiger partial charge in [-0.2, -0.15) is 12.6 Å². The Labute approximate surface area is 96.5 Å². The van der Waals surface area contributed by atoms with Crippen molar-refractivity contribution in [3.63, 3.8) is 0 Å². The lowest BCUT2D eigenvalue weighted by molar-refractivity contribution is 0.344. The molecule has 0 saturated carbocycles. The second kappa shape index (κ2) is 4.47. The fourth-order valence-electron chi connectivity index (χ4n) is 1.45. The lowest BCUT2D eigenvalue weighted by Gasteiger charge is -2.21. The molecule has 86 valence electrons. The van der Waals surface area contributed by atoms with Crippen molar-refractivity contribution in [3.05, 3.63) is 22.9 Å². The summed E-state index contributed by atoms with van der Waals surface area (Å²) < 4.78 is 3.50. The van der Waals surface area contributed by atoms with Crippen LogP contribution in [-0.4, -0.2) is 14.9 Å². The summed E-state index contributed by atoms with van der Waals surface area (Å²) in [7, 11) is 0. The summed E-state index contributed by atoms with van der Waals surface area (Å²) in [5, 5.41) is 0. The first-order chi connectivity index (χ1) is 6.87. The van der Waals surface area contributed by atoms with Gasteiger partial charge in [0.05, 0.1) is 0 Å². The zero-order chi connectivity index (χ0) is 11.6. The van der Waals surface area contributed by atoms with Gasteiger partial charge in [0.1, 0.15) is 0 Å². The fraction of sp³-hybridized carbons (Fsp3) is 0.727. The molecule has 0 amide bonds. The molecule has 1 heterocycles. The van der Waals surface area contributed by atoms with Crippen LogP contribution < -0.4 is 5.69 Å². The predicted octanol–water partition coefficient (Wildman–Crippen LogP) is 2.19. The first kappa shape index (κ1) is 12.4. The molecule has 3 nitrogen and oxygen atoms in total. The molecule has 4 heteroatoms. The van der Waals surface area contributed by atoms with Crippen LogP contribution in [0.4, 0.5) is 0 Å². The molecule has 0 atom stereocenters. The second-order valence-corrected chi connectivity index (χ2v) is 5.35. The van der Waals surface area contributed by atoms with Crippen LogP contribution in [0.1, 0.15) is 33.7 Å². The van der Waals surface area contributed by atoms with Gasteiger partial charge in [0.25, 0.3) is 0 Å². The molecule has 0 N–H and O–H groups in total. The summed E-state index contributed by atoms with van der Waals surface area (Å²) in [5.74, 6) is 0.770. The first-order valence-corrected chi connectivity index (χ1v) is 5.89. The Hall–Kier alpha value is -0.640. The highest BCUT2D eigenvalue weighted by Gasteiger charge is 2.18. The Morgan fingerprint density at radius 1 is 1.40 bits per heavy atom. The van der Waals surface area contributed by atoms with E-state index in [1.54, 1.807) is 9.13 Å². The molecule has 1 rings (SSSR count). The van der Waals surface area contributed by atoms with Crippen molar-refractivity contribution in [2.75, 3.05) is 5.75 Å². The van der Waals surface area contributed by atoms with Crippen molar-refractivity contribution < 1.29 is 0 Å². The Balaban J connectivity index is 2.94. The highest BCUT2D eigenvalue weighted by atomic mass is 32.1. The van der Waals surface area contributed by atoms with E-state index < -0.39 is 0 Å². The molecular weight excluding hydrogens is 208 g/mol. The maximum absolute atomic E-state index is 11.9. The largest absolute Gasteiger partial charge is 0.328 e. The summed E-state index contributed by atoms with van der Waals surface area (Å²) in [5.41, 5.74) is 0.121. The molecule has 0 aliphatic rings. The Morgan fingerprint density at radius 3 is 2.40 bits per heavy atom. The summed E-state index contributed by atoms with van der Waals surface area (Å²) in [6.45, 7) is 8.96. The number of rotatable bonds is 4. The number of hydrogen-bond donors (Lipinski definition) is 1. The molecule has 0 aliphatic heterocycles. The molecule has 0 bridgehead atoms. The lowest BCUT2D eigenvalue weighted by atomic mass is 9.96. The van der Waals surface area contributed by atoms with E-state index >= 15 is 0 Å². The van der Waals surface area contributed by atoms with E-state index in [1.807, 2.05) is 26.2 Å². The van der Waals surface area contributed by atoms with E-state index in [0.717, 1.165) is 12.3 Å². The third-order valence-electron chi connectivity index (χ3n) is 2.46. The maximum atomic E-state index is 11.9. The standard InChI is InChI=1S/C11H20N2OS/c1-9(2)13-6-5-12(10(13)14)7-11(3,4)8-15/h5-6,9,15H,7-8H2,1-4H3. The third kappa shape index (κ3) is 2.91. The van der Waals surface area contributed by atoms with Crippen molar-refractivity contribution in [1.29, 1.82) is 0 Å². The fourth-order valence-corrected chi connectivity index (χ4v) is 1.55. The molecule has 0 fully saturated rings. The van der Waals surface area contributed by atoms with Crippen LogP contribution >= 0.6 is 12.6 Å². The van der Waals surface area contributed by atoms with Gasteiger partial charge in [-0.15, -0.1) is 0 Å². The van der Waals surface area contributed by atoms with Gasteiger partial charge < -0.3 is 0 Å². The predicted molar refractivity (Wildman–Crippen MR) is 66.7 cm³/mol. The molecule has 0 aromatic carbocycles. The van der Waals surface area contributed by atoms with Crippen LogP contribution in [-0.2, 0) is 6.54 Å². The monoisotopic (exact) mass is 228 g/mol. The number of hydrogen-bond acceptors (Lipinski definition) is 2. The number of imidazole rings is 1. The van der Waals surface area contributed by atoms with Crippen LogP contribution in [0.3, 0.4) is 0 Å². The highest BCUT2D eigenvalue weighted by molar-refractivity contribution is 7.80. The smallest absolute Gasteiger partial charge is 0.299 e. The normalized spacial score (nSPS) is 12.4. The third-order valence-corrected chi connectivity index (χ3v) is 3.31. The molecule has 0 aliphatic carbocycles. The summed E-state index contributed by atoms with van der Waals surface area (Å²) in [6, 6.07) is 0.220. The van der Waals surface area contributed by atoms with Gasteiger partial charge >= 0.3 is 5.69 Å².